The number of hydrogen-bond acceptors (Lipinski definition) is 3. The summed E-state index contributed by atoms with van der Waals surface area (Å²) in [5.41, 5.74) is 0. The maximum absolute atomic E-state index is 9.24. The van der Waals surface area contributed by atoms with E-state index in [0.717, 1.165) is 13.0 Å². The fourth-order valence-electron chi connectivity index (χ4n) is 1.09. The second-order valence-corrected chi connectivity index (χ2v) is 3.39. The molecule has 2 nitrogen and oxygen atoms in total. The fourth-order valence-corrected chi connectivity index (χ4v) is 1.85. The summed E-state index contributed by atoms with van der Waals surface area (Å²) < 4.78 is 0. The van der Waals surface area contributed by atoms with Crippen molar-refractivity contribution >= 4 is 11.8 Å². The minimum Gasteiger partial charge on any atom is -0.377 e. The van der Waals surface area contributed by atoms with Crippen LogP contribution in [0.1, 0.15) is 12.8 Å². The zero-order valence-corrected chi connectivity index (χ0v) is 6.45. The van der Waals surface area contributed by atoms with Gasteiger partial charge in [0.15, 0.2) is 0 Å². The molecule has 0 aliphatic carbocycles. The first-order valence-electron chi connectivity index (χ1n) is 3.29. The van der Waals surface area contributed by atoms with Gasteiger partial charge in [-0.05, 0) is 25.6 Å². The van der Waals surface area contributed by atoms with Crippen LogP contribution in [0.2, 0.25) is 0 Å². The molecule has 3 heteroatoms. The fraction of sp³-hybridized carbons (Fsp3) is 1.00. The number of thioether (sulfide) groups is 1. The topological polar surface area (TPSA) is 32.3 Å². The Hall–Kier alpha value is 0.270. The smallest absolute Gasteiger partial charge is 0.116 e. The van der Waals surface area contributed by atoms with Gasteiger partial charge < -0.3 is 5.11 Å². The van der Waals surface area contributed by atoms with E-state index in [1.165, 1.54) is 6.42 Å². The van der Waals surface area contributed by atoms with Crippen LogP contribution in [0.3, 0.4) is 0 Å². The molecule has 2 unspecified atom stereocenters. The van der Waals surface area contributed by atoms with Crippen molar-refractivity contribution in [1.82, 2.24) is 5.32 Å². The second-order valence-electron chi connectivity index (χ2n) is 2.32. The lowest BCUT2D eigenvalue weighted by Gasteiger charge is -2.26. The lowest BCUT2D eigenvalue weighted by molar-refractivity contribution is 0.114. The molecule has 0 aromatic heterocycles. The molecule has 1 rings (SSSR count). The summed E-state index contributed by atoms with van der Waals surface area (Å²) in [4.78, 5) is 0. The molecule has 0 saturated carbocycles. The Labute approximate surface area is 60.0 Å². The van der Waals surface area contributed by atoms with Gasteiger partial charge >= 0.3 is 0 Å². The number of hydrogen-bond donors (Lipinski definition) is 2. The Morgan fingerprint density at radius 3 is 2.89 bits per heavy atom. The van der Waals surface area contributed by atoms with Crippen LogP contribution in [0, 0.1) is 0 Å². The molecule has 9 heavy (non-hydrogen) atoms. The van der Waals surface area contributed by atoms with E-state index < -0.39 is 0 Å². The van der Waals surface area contributed by atoms with E-state index in [0.29, 0.717) is 5.25 Å². The predicted octanol–water partition coefficient (Wildman–Crippen LogP) is 0.420. The zero-order valence-electron chi connectivity index (χ0n) is 5.63. The van der Waals surface area contributed by atoms with Gasteiger partial charge in [-0.2, -0.15) is 11.8 Å². The monoisotopic (exact) mass is 147 g/mol. The summed E-state index contributed by atoms with van der Waals surface area (Å²) in [6.45, 7) is 0.970. The molecule has 0 aromatic carbocycles. The standard InChI is InChI=1S/C6H13NOS/c1-9-5-3-2-4-7-6(5)8/h5-8H,2-4H2,1H3. The van der Waals surface area contributed by atoms with Crippen LogP contribution in [-0.4, -0.2) is 29.4 Å². The van der Waals surface area contributed by atoms with Crippen molar-refractivity contribution in [2.45, 2.75) is 24.3 Å². The van der Waals surface area contributed by atoms with Crippen LogP contribution < -0.4 is 5.32 Å². The summed E-state index contributed by atoms with van der Waals surface area (Å²) >= 11 is 1.74. The van der Waals surface area contributed by atoms with Crippen molar-refractivity contribution in [3.8, 4) is 0 Å². The molecule has 1 aliphatic rings. The number of piperidine rings is 1. The predicted molar refractivity (Wildman–Crippen MR) is 40.5 cm³/mol. The number of rotatable bonds is 1. The van der Waals surface area contributed by atoms with Gasteiger partial charge in [0, 0.05) is 5.25 Å². The van der Waals surface area contributed by atoms with E-state index in [-0.39, 0.29) is 6.23 Å². The molecule has 1 heterocycles. The third-order valence-corrected chi connectivity index (χ3v) is 2.77. The average molecular weight is 147 g/mol. The van der Waals surface area contributed by atoms with Gasteiger partial charge in [-0.1, -0.05) is 0 Å². The molecule has 1 saturated heterocycles. The minimum atomic E-state index is -0.270. The van der Waals surface area contributed by atoms with Gasteiger partial charge in [0.25, 0.3) is 0 Å². The third kappa shape index (κ3) is 1.85. The van der Waals surface area contributed by atoms with Crippen LogP contribution in [0.4, 0.5) is 0 Å². The van der Waals surface area contributed by atoms with Gasteiger partial charge in [-0.15, -0.1) is 0 Å². The third-order valence-electron chi connectivity index (χ3n) is 1.67. The van der Waals surface area contributed by atoms with Crippen molar-refractivity contribution in [2.24, 2.45) is 0 Å². The van der Waals surface area contributed by atoms with Crippen molar-refractivity contribution < 1.29 is 5.11 Å². The van der Waals surface area contributed by atoms with Gasteiger partial charge in [0.05, 0.1) is 0 Å². The summed E-state index contributed by atoms with van der Waals surface area (Å²) in [7, 11) is 0. The molecule has 1 aliphatic heterocycles. The molecular formula is C6H13NOS. The Balaban J connectivity index is 2.30. The van der Waals surface area contributed by atoms with E-state index in [2.05, 4.69) is 5.32 Å². The summed E-state index contributed by atoms with van der Waals surface area (Å²) in [5.74, 6) is 0. The van der Waals surface area contributed by atoms with Gasteiger partial charge in [0.1, 0.15) is 6.23 Å². The zero-order chi connectivity index (χ0) is 6.69. The molecular weight excluding hydrogens is 134 g/mol. The highest BCUT2D eigenvalue weighted by atomic mass is 32.2. The van der Waals surface area contributed by atoms with Crippen LogP contribution >= 0.6 is 11.8 Å². The number of nitrogens with one attached hydrogen (secondary N) is 1. The molecule has 0 amide bonds. The Bertz CT molecular complexity index is 89.1. The number of aliphatic hydroxyl groups is 1. The van der Waals surface area contributed by atoms with Gasteiger partial charge in [-0.25, -0.2) is 0 Å². The molecule has 0 bridgehead atoms. The first kappa shape index (κ1) is 7.38. The average Bonchev–Trinajstić information content (AvgIpc) is 1.89. The Morgan fingerprint density at radius 2 is 2.44 bits per heavy atom. The van der Waals surface area contributed by atoms with E-state index >= 15 is 0 Å². The second kappa shape index (κ2) is 3.44. The highest BCUT2D eigenvalue weighted by Gasteiger charge is 2.20. The largest absolute Gasteiger partial charge is 0.377 e. The van der Waals surface area contributed by atoms with Crippen molar-refractivity contribution in [2.75, 3.05) is 12.8 Å². The summed E-state index contributed by atoms with van der Waals surface area (Å²) in [6, 6.07) is 0. The van der Waals surface area contributed by atoms with Crippen molar-refractivity contribution in [3.05, 3.63) is 0 Å². The molecule has 0 radical (unpaired) electrons. The normalized spacial score (nSPS) is 36.7. The molecule has 54 valence electrons. The maximum atomic E-state index is 9.24. The summed E-state index contributed by atoms with van der Waals surface area (Å²) in [5, 5.41) is 12.7. The van der Waals surface area contributed by atoms with E-state index in [9.17, 15) is 5.11 Å². The van der Waals surface area contributed by atoms with Gasteiger partial charge in [0.2, 0.25) is 0 Å². The lowest BCUT2D eigenvalue weighted by atomic mass is 10.1. The van der Waals surface area contributed by atoms with Crippen LogP contribution in [0.15, 0.2) is 0 Å². The Morgan fingerprint density at radius 1 is 1.67 bits per heavy atom. The van der Waals surface area contributed by atoms with E-state index in [4.69, 9.17) is 0 Å². The van der Waals surface area contributed by atoms with Crippen LogP contribution in [0.5, 0.6) is 0 Å². The number of aliphatic hydroxyl groups excluding tert-OH is 1. The molecule has 1 fully saturated rings. The highest BCUT2D eigenvalue weighted by Crippen LogP contribution is 2.18. The highest BCUT2D eigenvalue weighted by molar-refractivity contribution is 7.99. The van der Waals surface area contributed by atoms with Crippen LogP contribution in [-0.2, 0) is 0 Å². The lowest BCUT2D eigenvalue weighted by Crippen LogP contribution is -2.42. The minimum absolute atomic E-state index is 0.270. The van der Waals surface area contributed by atoms with Crippen LogP contribution in [0.25, 0.3) is 0 Å². The SMILES string of the molecule is CSC1CCCNC1O. The van der Waals surface area contributed by atoms with E-state index in [1.54, 1.807) is 11.8 Å². The quantitative estimate of drug-likeness (QED) is 0.564. The van der Waals surface area contributed by atoms with Crippen molar-refractivity contribution in [3.63, 3.8) is 0 Å². The van der Waals surface area contributed by atoms with Gasteiger partial charge in [-0.3, -0.25) is 5.32 Å². The van der Waals surface area contributed by atoms with E-state index in [1.807, 2.05) is 6.26 Å². The maximum Gasteiger partial charge on any atom is 0.116 e. The molecule has 2 N–H and O–H groups in total. The van der Waals surface area contributed by atoms with Crippen molar-refractivity contribution in [1.29, 1.82) is 0 Å². The summed E-state index contributed by atoms with van der Waals surface area (Å²) in [6.07, 6.45) is 4.12. The molecule has 0 spiro atoms. The Kier molecular flexibility index (Phi) is 2.82. The first-order valence-corrected chi connectivity index (χ1v) is 4.57. The first-order chi connectivity index (χ1) is 4.34. The molecule has 2 atom stereocenters. The molecule has 0 aromatic rings.